The zero-order valence-corrected chi connectivity index (χ0v) is 9.86. The van der Waals surface area contributed by atoms with Gasteiger partial charge in [-0.3, -0.25) is 4.79 Å². The summed E-state index contributed by atoms with van der Waals surface area (Å²) in [7, 11) is 0. The normalized spacial score (nSPS) is 12.2. The lowest BCUT2D eigenvalue weighted by atomic mass is 9.97. The number of hydrogen-bond donors (Lipinski definition) is 1. The second-order valence-corrected chi connectivity index (χ2v) is 4.47. The number of carbonyl (C=O) groups excluding carboxylic acids is 1. The average Bonchev–Trinajstić information content (AvgIpc) is 2.13. The minimum atomic E-state index is -0.510. The summed E-state index contributed by atoms with van der Waals surface area (Å²) in [6, 6.07) is 2.02. The highest BCUT2D eigenvalue weighted by Crippen LogP contribution is 2.09. The molecule has 80 valence electrons. The Labute approximate surface area is 90.3 Å². The van der Waals surface area contributed by atoms with E-state index in [1.165, 1.54) is 0 Å². The predicted molar refractivity (Wildman–Crippen MR) is 59.9 cm³/mol. The Bertz CT molecular complexity index is 211. The molecule has 0 radical (unpaired) electrons. The molecule has 4 heteroatoms. The van der Waals surface area contributed by atoms with Crippen molar-refractivity contribution in [3.05, 3.63) is 0 Å². The Morgan fingerprint density at radius 2 is 2.21 bits per heavy atom. The van der Waals surface area contributed by atoms with Crippen LogP contribution in [0.3, 0.4) is 0 Å². The highest BCUT2D eigenvalue weighted by molar-refractivity contribution is 7.98. The van der Waals surface area contributed by atoms with E-state index in [0.29, 0.717) is 6.54 Å². The molecule has 0 aromatic heterocycles. The summed E-state index contributed by atoms with van der Waals surface area (Å²) < 4.78 is 0. The van der Waals surface area contributed by atoms with Gasteiger partial charge in [0.25, 0.3) is 0 Å². The van der Waals surface area contributed by atoms with Crippen LogP contribution in [-0.4, -0.2) is 24.5 Å². The fourth-order valence-electron chi connectivity index (χ4n) is 1.05. The van der Waals surface area contributed by atoms with Crippen LogP contribution in [0.4, 0.5) is 0 Å². The molecule has 0 heterocycles. The zero-order chi connectivity index (χ0) is 11.0. The minimum Gasteiger partial charge on any atom is -0.355 e. The first kappa shape index (κ1) is 13.3. The predicted octanol–water partition coefficient (Wildman–Crippen LogP) is 1.65. The third-order valence-electron chi connectivity index (χ3n) is 1.91. The van der Waals surface area contributed by atoms with Crippen LogP contribution in [-0.2, 0) is 4.79 Å². The molecule has 3 nitrogen and oxygen atoms in total. The van der Waals surface area contributed by atoms with Crippen LogP contribution in [0.5, 0.6) is 0 Å². The largest absolute Gasteiger partial charge is 0.355 e. The number of nitrogens with zero attached hydrogens (tertiary/aromatic N) is 1. The van der Waals surface area contributed by atoms with Crippen molar-refractivity contribution in [2.45, 2.75) is 20.3 Å². The van der Waals surface area contributed by atoms with Crippen LogP contribution in [0.2, 0.25) is 0 Å². The molecule has 0 bridgehead atoms. The lowest BCUT2D eigenvalue weighted by molar-refractivity contribution is -0.124. The topological polar surface area (TPSA) is 52.9 Å². The summed E-state index contributed by atoms with van der Waals surface area (Å²) in [6.45, 7) is 4.44. The molecular formula is C10H18N2OS. The van der Waals surface area contributed by atoms with E-state index in [4.69, 9.17) is 5.26 Å². The summed E-state index contributed by atoms with van der Waals surface area (Å²) in [5.74, 6) is 0.479. The Hall–Kier alpha value is -0.690. The Morgan fingerprint density at radius 3 is 2.64 bits per heavy atom. The van der Waals surface area contributed by atoms with Gasteiger partial charge in [0.05, 0.1) is 6.07 Å². The molecule has 0 rings (SSSR count). The first-order valence-electron chi connectivity index (χ1n) is 4.79. The molecular weight excluding hydrogens is 196 g/mol. The van der Waals surface area contributed by atoms with E-state index in [1.54, 1.807) is 11.8 Å². The second kappa shape index (κ2) is 7.69. The van der Waals surface area contributed by atoms with Crippen molar-refractivity contribution in [1.82, 2.24) is 5.32 Å². The maximum Gasteiger partial charge on any atom is 0.237 e. The number of amides is 1. The van der Waals surface area contributed by atoms with Crippen molar-refractivity contribution in [3.8, 4) is 6.07 Å². The van der Waals surface area contributed by atoms with Crippen molar-refractivity contribution < 1.29 is 4.79 Å². The Morgan fingerprint density at radius 1 is 1.57 bits per heavy atom. The Balaban J connectivity index is 3.78. The third-order valence-corrected chi connectivity index (χ3v) is 2.61. The zero-order valence-electron chi connectivity index (χ0n) is 9.04. The molecule has 0 spiro atoms. The van der Waals surface area contributed by atoms with E-state index < -0.39 is 5.92 Å². The van der Waals surface area contributed by atoms with Gasteiger partial charge in [-0.15, -0.1) is 0 Å². The third kappa shape index (κ3) is 5.13. The van der Waals surface area contributed by atoms with Gasteiger partial charge in [0.1, 0.15) is 5.92 Å². The second-order valence-electron chi connectivity index (χ2n) is 3.49. The molecule has 0 aliphatic carbocycles. The van der Waals surface area contributed by atoms with E-state index in [-0.39, 0.29) is 11.8 Å². The number of rotatable bonds is 6. The summed E-state index contributed by atoms with van der Waals surface area (Å²) in [5, 5.41) is 11.5. The molecule has 1 atom stereocenters. The molecule has 1 unspecified atom stereocenters. The molecule has 0 aliphatic heterocycles. The lowest BCUT2D eigenvalue weighted by Gasteiger charge is -2.12. The van der Waals surface area contributed by atoms with Crippen LogP contribution in [0.1, 0.15) is 20.3 Å². The number of carbonyl (C=O) groups is 1. The molecule has 0 aromatic rings. The minimum absolute atomic E-state index is 0.0838. The number of nitrogens with one attached hydrogen (secondary N) is 1. The first-order chi connectivity index (χ1) is 6.63. The molecule has 0 fully saturated rings. The van der Waals surface area contributed by atoms with Crippen molar-refractivity contribution in [2.24, 2.45) is 11.8 Å². The van der Waals surface area contributed by atoms with Gasteiger partial charge in [0, 0.05) is 6.54 Å². The summed E-state index contributed by atoms with van der Waals surface area (Å²) >= 11 is 1.76. The standard InChI is InChI=1S/C10H18N2OS/c1-8(2)9(7-11)10(13)12-5-4-6-14-3/h8-9H,4-6H2,1-3H3,(H,12,13). The van der Waals surface area contributed by atoms with E-state index in [1.807, 2.05) is 26.2 Å². The van der Waals surface area contributed by atoms with E-state index in [0.717, 1.165) is 12.2 Å². The van der Waals surface area contributed by atoms with Gasteiger partial charge < -0.3 is 5.32 Å². The van der Waals surface area contributed by atoms with Gasteiger partial charge >= 0.3 is 0 Å². The van der Waals surface area contributed by atoms with Crippen molar-refractivity contribution >= 4 is 17.7 Å². The van der Waals surface area contributed by atoms with Crippen molar-refractivity contribution in [3.63, 3.8) is 0 Å². The highest BCUT2D eigenvalue weighted by atomic mass is 32.2. The van der Waals surface area contributed by atoms with Crippen LogP contribution >= 0.6 is 11.8 Å². The smallest absolute Gasteiger partial charge is 0.237 e. The van der Waals surface area contributed by atoms with Crippen molar-refractivity contribution in [2.75, 3.05) is 18.6 Å². The number of nitriles is 1. The first-order valence-corrected chi connectivity index (χ1v) is 6.19. The lowest BCUT2D eigenvalue weighted by Crippen LogP contribution is -2.33. The molecule has 1 N–H and O–H groups in total. The number of hydrogen-bond acceptors (Lipinski definition) is 3. The van der Waals surface area contributed by atoms with Gasteiger partial charge in [-0.05, 0) is 24.3 Å². The average molecular weight is 214 g/mol. The van der Waals surface area contributed by atoms with E-state index in [2.05, 4.69) is 5.32 Å². The molecule has 0 aliphatic rings. The van der Waals surface area contributed by atoms with Crippen LogP contribution < -0.4 is 5.32 Å². The van der Waals surface area contributed by atoms with Gasteiger partial charge in [-0.2, -0.15) is 17.0 Å². The number of thioether (sulfide) groups is 1. The highest BCUT2D eigenvalue weighted by Gasteiger charge is 2.20. The van der Waals surface area contributed by atoms with Crippen LogP contribution in [0.25, 0.3) is 0 Å². The van der Waals surface area contributed by atoms with Gasteiger partial charge in [0.15, 0.2) is 0 Å². The van der Waals surface area contributed by atoms with Crippen LogP contribution in [0.15, 0.2) is 0 Å². The fourth-order valence-corrected chi connectivity index (χ4v) is 1.48. The summed E-state index contributed by atoms with van der Waals surface area (Å²) in [6.07, 6.45) is 3.00. The summed E-state index contributed by atoms with van der Waals surface area (Å²) in [5.41, 5.74) is 0. The van der Waals surface area contributed by atoms with E-state index in [9.17, 15) is 4.79 Å². The Kier molecular flexibility index (Phi) is 7.31. The molecule has 1 amide bonds. The maximum atomic E-state index is 11.4. The van der Waals surface area contributed by atoms with Crippen molar-refractivity contribution in [1.29, 1.82) is 5.26 Å². The fraction of sp³-hybridized carbons (Fsp3) is 0.800. The summed E-state index contributed by atoms with van der Waals surface area (Å²) in [4.78, 5) is 11.4. The monoisotopic (exact) mass is 214 g/mol. The molecule has 14 heavy (non-hydrogen) atoms. The van der Waals surface area contributed by atoms with Gasteiger partial charge in [-0.25, -0.2) is 0 Å². The van der Waals surface area contributed by atoms with Gasteiger partial charge in [-0.1, -0.05) is 13.8 Å². The molecule has 0 saturated heterocycles. The maximum absolute atomic E-state index is 11.4. The van der Waals surface area contributed by atoms with Crippen LogP contribution in [0, 0.1) is 23.2 Å². The van der Waals surface area contributed by atoms with Gasteiger partial charge in [0.2, 0.25) is 5.91 Å². The molecule has 0 saturated carbocycles. The molecule has 0 aromatic carbocycles. The SMILES string of the molecule is CSCCCNC(=O)C(C#N)C(C)C. The van der Waals surface area contributed by atoms with E-state index >= 15 is 0 Å². The quantitative estimate of drug-likeness (QED) is 0.684.